The minimum absolute atomic E-state index is 0.0710. The maximum Gasteiger partial charge on any atom is 0.246 e. The predicted molar refractivity (Wildman–Crippen MR) is 52.8 cm³/mol. The lowest BCUT2D eigenvalue weighted by Crippen LogP contribution is -2.27. The number of hydroxylamine groups is 2. The van der Waals surface area contributed by atoms with Gasteiger partial charge in [-0.25, -0.2) is 5.06 Å². The van der Waals surface area contributed by atoms with E-state index in [2.05, 4.69) is 6.92 Å². The van der Waals surface area contributed by atoms with Crippen molar-refractivity contribution in [2.24, 2.45) is 0 Å². The topological polar surface area (TPSA) is 57.6 Å². The van der Waals surface area contributed by atoms with Gasteiger partial charge in [-0.2, -0.15) is 0 Å². The van der Waals surface area contributed by atoms with Crippen molar-refractivity contribution in [3.05, 3.63) is 12.2 Å². The van der Waals surface area contributed by atoms with Gasteiger partial charge in [-0.15, -0.1) is 0 Å². The summed E-state index contributed by atoms with van der Waals surface area (Å²) >= 11 is 0. The van der Waals surface area contributed by atoms with Crippen LogP contribution in [0.15, 0.2) is 12.2 Å². The molecule has 0 bridgehead atoms. The summed E-state index contributed by atoms with van der Waals surface area (Å²) in [6, 6.07) is 0. The van der Waals surface area contributed by atoms with Crippen molar-refractivity contribution in [1.82, 2.24) is 5.06 Å². The van der Waals surface area contributed by atoms with Gasteiger partial charge in [0.15, 0.2) is 0 Å². The first-order valence-electron chi connectivity index (χ1n) is 4.80. The molecule has 0 spiro atoms. The van der Waals surface area contributed by atoms with Crippen LogP contribution in [0.4, 0.5) is 0 Å². The molecule has 0 aromatic carbocycles. The van der Waals surface area contributed by atoms with Crippen molar-refractivity contribution in [2.45, 2.75) is 32.6 Å². The van der Waals surface area contributed by atoms with Gasteiger partial charge >= 0.3 is 0 Å². The summed E-state index contributed by atoms with van der Waals surface area (Å²) in [5, 5.41) is 9.79. The molecule has 0 aromatic rings. The predicted octanol–water partition coefficient (Wildman–Crippen LogP) is 1.54. The van der Waals surface area contributed by atoms with E-state index in [4.69, 9.17) is 5.21 Å². The van der Waals surface area contributed by atoms with E-state index in [9.17, 15) is 9.59 Å². The molecular formula is C10H17NO3. The molecule has 0 aliphatic rings. The maximum atomic E-state index is 11.0. The molecule has 0 aliphatic heterocycles. The van der Waals surface area contributed by atoms with Crippen LogP contribution in [0.3, 0.4) is 0 Å². The van der Waals surface area contributed by atoms with Gasteiger partial charge < -0.3 is 4.79 Å². The molecule has 0 atom stereocenters. The molecular weight excluding hydrogens is 182 g/mol. The number of hydrogen-bond donors (Lipinski definition) is 1. The lowest BCUT2D eigenvalue weighted by Gasteiger charge is -2.11. The van der Waals surface area contributed by atoms with E-state index in [1.807, 2.05) is 6.08 Å². The van der Waals surface area contributed by atoms with E-state index < -0.39 is 5.91 Å². The van der Waals surface area contributed by atoms with Crippen LogP contribution in [0.2, 0.25) is 0 Å². The van der Waals surface area contributed by atoms with E-state index in [-0.39, 0.29) is 19.4 Å². The van der Waals surface area contributed by atoms with Gasteiger partial charge in [-0.05, 0) is 6.42 Å². The van der Waals surface area contributed by atoms with E-state index >= 15 is 0 Å². The zero-order valence-corrected chi connectivity index (χ0v) is 8.48. The first-order chi connectivity index (χ1) is 6.72. The molecule has 0 rings (SSSR count). The Morgan fingerprint density at radius 1 is 1.36 bits per heavy atom. The van der Waals surface area contributed by atoms with Crippen LogP contribution >= 0.6 is 0 Å². The fourth-order valence-electron chi connectivity index (χ4n) is 0.872. The van der Waals surface area contributed by atoms with Crippen LogP contribution < -0.4 is 0 Å². The second-order valence-electron chi connectivity index (χ2n) is 2.94. The summed E-state index contributed by atoms with van der Waals surface area (Å²) in [5.41, 5.74) is 0. The van der Waals surface area contributed by atoms with Crippen molar-refractivity contribution in [3.63, 3.8) is 0 Å². The highest BCUT2D eigenvalue weighted by Crippen LogP contribution is 1.95. The second-order valence-corrected chi connectivity index (χ2v) is 2.94. The highest BCUT2D eigenvalue weighted by Gasteiger charge is 2.07. The minimum atomic E-state index is -0.418. The first-order valence-corrected chi connectivity index (χ1v) is 4.80. The Kier molecular flexibility index (Phi) is 7.74. The molecule has 0 aromatic heterocycles. The number of carbonyl (C=O) groups excluding carboxylic acids is 2. The van der Waals surface area contributed by atoms with Crippen molar-refractivity contribution >= 4 is 12.2 Å². The molecule has 1 amide bonds. The summed E-state index contributed by atoms with van der Waals surface area (Å²) < 4.78 is 0. The molecule has 4 heteroatoms. The van der Waals surface area contributed by atoms with Crippen LogP contribution in [0.25, 0.3) is 0 Å². The second kappa shape index (κ2) is 8.44. The van der Waals surface area contributed by atoms with Gasteiger partial charge in [0, 0.05) is 12.8 Å². The standard InChI is InChI=1S/C10H17NO3/c1-2-3-4-5-8-11(14)10(13)7-6-9-12/h4-5,9,14H,2-3,6-8H2,1H3/b5-4+. The van der Waals surface area contributed by atoms with E-state index in [1.165, 1.54) is 0 Å². The molecule has 0 saturated heterocycles. The Morgan fingerprint density at radius 2 is 2.07 bits per heavy atom. The Bertz CT molecular complexity index is 202. The van der Waals surface area contributed by atoms with Gasteiger partial charge in [0.25, 0.3) is 0 Å². The monoisotopic (exact) mass is 199 g/mol. The Balaban J connectivity index is 3.66. The third kappa shape index (κ3) is 6.37. The lowest BCUT2D eigenvalue weighted by molar-refractivity contribution is -0.163. The summed E-state index contributed by atoms with van der Waals surface area (Å²) in [7, 11) is 0. The summed E-state index contributed by atoms with van der Waals surface area (Å²) in [6.07, 6.45) is 6.53. The van der Waals surface area contributed by atoms with E-state index in [1.54, 1.807) is 6.08 Å². The highest BCUT2D eigenvalue weighted by atomic mass is 16.5. The number of allylic oxidation sites excluding steroid dienone is 1. The largest absolute Gasteiger partial charge is 0.303 e. The molecule has 80 valence electrons. The van der Waals surface area contributed by atoms with Gasteiger partial charge in [0.1, 0.15) is 6.29 Å². The van der Waals surface area contributed by atoms with Crippen molar-refractivity contribution in [3.8, 4) is 0 Å². The van der Waals surface area contributed by atoms with Gasteiger partial charge in [0.05, 0.1) is 6.54 Å². The van der Waals surface area contributed by atoms with Crippen LogP contribution in [0.1, 0.15) is 32.6 Å². The molecule has 0 radical (unpaired) electrons. The average molecular weight is 199 g/mol. The Morgan fingerprint density at radius 3 is 2.64 bits per heavy atom. The van der Waals surface area contributed by atoms with Gasteiger partial charge in [0.2, 0.25) is 5.91 Å². The third-order valence-electron chi connectivity index (χ3n) is 1.66. The molecule has 4 nitrogen and oxygen atoms in total. The first kappa shape index (κ1) is 12.8. The fraction of sp³-hybridized carbons (Fsp3) is 0.600. The molecule has 0 fully saturated rings. The number of rotatable bonds is 7. The van der Waals surface area contributed by atoms with Crippen molar-refractivity contribution in [1.29, 1.82) is 0 Å². The lowest BCUT2D eigenvalue weighted by atomic mass is 10.3. The highest BCUT2D eigenvalue weighted by molar-refractivity contribution is 5.77. The van der Waals surface area contributed by atoms with Crippen molar-refractivity contribution < 1.29 is 14.8 Å². The maximum absolute atomic E-state index is 11.0. The summed E-state index contributed by atoms with van der Waals surface area (Å²) in [4.78, 5) is 21.0. The third-order valence-corrected chi connectivity index (χ3v) is 1.66. The van der Waals surface area contributed by atoms with Crippen LogP contribution in [-0.4, -0.2) is 29.0 Å². The number of amides is 1. The average Bonchev–Trinajstić information content (AvgIpc) is 2.20. The number of hydrogen-bond acceptors (Lipinski definition) is 3. The molecule has 1 N–H and O–H groups in total. The molecule has 0 saturated carbocycles. The number of unbranched alkanes of at least 4 members (excludes halogenated alkanes) is 1. The minimum Gasteiger partial charge on any atom is -0.303 e. The summed E-state index contributed by atoms with van der Waals surface area (Å²) in [6.45, 7) is 2.24. The summed E-state index contributed by atoms with van der Waals surface area (Å²) in [5.74, 6) is -0.418. The van der Waals surface area contributed by atoms with Crippen molar-refractivity contribution in [2.75, 3.05) is 6.54 Å². The van der Waals surface area contributed by atoms with Gasteiger partial charge in [-0.3, -0.25) is 10.0 Å². The van der Waals surface area contributed by atoms with E-state index in [0.717, 1.165) is 12.8 Å². The Hall–Kier alpha value is -1.16. The number of aldehydes is 1. The molecule has 0 unspecified atom stereocenters. The Labute approximate surface area is 84.2 Å². The van der Waals surface area contributed by atoms with Crippen LogP contribution in [0.5, 0.6) is 0 Å². The molecule has 0 heterocycles. The normalized spacial score (nSPS) is 10.4. The number of nitrogens with zero attached hydrogens (tertiary/aromatic N) is 1. The zero-order valence-electron chi connectivity index (χ0n) is 8.48. The van der Waals surface area contributed by atoms with Crippen LogP contribution in [-0.2, 0) is 9.59 Å². The smallest absolute Gasteiger partial charge is 0.246 e. The molecule has 14 heavy (non-hydrogen) atoms. The quantitative estimate of drug-likeness (QED) is 0.293. The van der Waals surface area contributed by atoms with Crippen LogP contribution in [0, 0.1) is 0 Å². The fourth-order valence-corrected chi connectivity index (χ4v) is 0.872. The number of carbonyl (C=O) groups is 2. The van der Waals surface area contributed by atoms with E-state index in [0.29, 0.717) is 11.3 Å². The SMILES string of the molecule is CCC/C=C/CN(O)C(=O)CCC=O. The van der Waals surface area contributed by atoms with Gasteiger partial charge in [-0.1, -0.05) is 25.5 Å². The molecule has 0 aliphatic carbocycles. The zero-order chi connectivity index (χ0) is 10.8.